The second-order valence-electron chi connectivity index (χ2n) is 4.39. The van der Waals surface area contributed by atoms with E-state index in [4.69, 9.17) is 4.42 Å². The largest absolute Gasteiger partial charge is 0.472 e. The van der Waals surface area contributed by atoms with Crippen LogP contribution in [0.3, 0.4) is 0 Å². The molecule has 14 heavy (non-hydrogen) atoms. The number of rotatable bonds is 1. The van der Waals surface area contributed by atoms with Crippen molar-refractivity contribution in [2.24, 2.45) is 0 Å². The molecule has 0 aliphatic carbocycles. The second-order valence-corrected chi connectivity index (χ2v) is 5.89. The van der Waals surface area contributed by atoms with E-state index in [-0.39, 0.29) is 11.6 Å². The predicted octanol–water partition coefficient (Wildman–Crippen LogP) is 1.45. The van der Waals surface area contributed by atoms with Crippen molar-refractivity contribution in [2.45, 2.75) is 25.4 Å². The number of hydrogen-bond donors (Lipinski definition) is 1. The Labute approximate surface area is 86.3 Å². The average molecular weight is 213 g/mol. The quantitative estimate of drug-likeness (QED) is 0.767. The van der Waals surface area contributed by atoms with Crippen LogP contribution in [0.25, 0.3) is 0 Å². The monoisotopic (exact) mass is 213 g/mol. The van der Waals surface area contributed by atoms with Gasteiger partial charge in [-0.05, 0) is 19.9 Å². The highest BCUT2D eigenvalue weighted by Gasteiger charge is 2.32. The van der Waals surface area contributed by atoms with E-state index >= 15 is 0 Å². The van der Waals surface area contributed by atoms with E-state index in [1.165, 1.54) is 0 Å². The number of nitrogens with one attached hydrogen (secondary N) is 1. The average Bonchev–Trinajstić information content (AvgIpc) is 2.51. The first-order chi connectivity index (χ1) is 6.57. The molecule has 1 aliphatic rings. The summed E-state index contributed by atoms with van der Waals surface area (Å²) in [6.07, 6.45) is 3.37. The maximum Gasteiger partial charge on any atom is 0.0950 e. The van der Waals surface area contributed by atoms with Crippen molar-refractivity contribution in [1.29, 1.82) is 0 Å². The zero-order valence-corrected chi connectivity index (χ0v) is 9.26. The van der Waals surface area contributed by atoms with Crippen LogP contribution in [0.1, 0.15) is 25.5 Å². The van der Waals surface area contributed by atoms with E-state index < -0.39 is 10.8 Å². The Bertz CT molecular complexity index is 332. The highest BCUT2D eigenvalue weighted by atomic mass is 32.2. The summed E-state index contributed by atoms with van der Waals surface area (Å²) in [4.78, 5) is 0. The fraction of sp³-hybridized carbons (Fsp3) is 0.600. The molecule has 1 aromatic heterocycles. The molecule has 1 aliphatic heterocycles. The first kappa shape index (κ1) is 9.93. The van der Waals surface area contributed by atoms with Crippen molar-refractivity contribution in [1.82, 2.24) is 5.32 Å². The topological polar surface area (TPSA) is 42.2 Å². The molecule has 2 atom stereocenters. The first-order valence-electron chi connectivity index (χ1n) is 4.72. The number of hydrogen-bond acceptors (Lipinski definition) is 3. The SMILES string of the molecule is CC1(C)CS(=O)CC(c2ccoc2)N1. The Kier molecular flexibility index (Phi) is 2.49. The molecule has 0 amide bonds. The molecule has 0 aromatic carbocycles. The fourth-order valence-electron chi connectivity index (χ4n) is 1.86. The van der Waals surface area contributed by atoms with Crippen molar-refractivity contribution >= 4 is 10.8 Å². The summed E-state index contributed by atoms with van der Waals surface area (Å²) in [5.41, 5.74) is 1.04. The molecule has 0 spiro atoms. The van der Waals surface area contributed by atoms with Crippen molar-refractivity contribution < 1.29 is 8.63 Å². The minimum absolute atomic E-state index is 0.0505. The Hall–Kier alpha value is -0.610. The zero-order valence-electron chi connectivity index (χ0n) is 8.45. The van der Waals surface area contributed by atoms with Gasteiger partial charge in [-0.1, -0.05) is 0 Å². The van der Waals surface area contributed by atoms with Crippen LogP contribution in [0.4, 0.5) is 0 Å². The number of furan rings is 1. The lowest BCUT2D eigenvalue weighted by Crippen LogP contribution is -2.52. The molecule has 1 fully saturated rings. The van der Waals surface area contributed by atoms with Gasteiger partial charge in [-0.3, -0.25) is 4.21 Å². The molecular weight excluding hydrogens is 198 g/mol. The third-order valence-corrected chi connectivity index (χ3v) is 4.13. The van der Waals surface area contributed by atoms with Crippen molar-refractivity contribution in [3.63, 3.8) is 0 Å². The van der Waals surface area contributed by atoms with E-state index in [1.807, 2.05) is 6.07 Å². The van der Waals surface area contributed by atoms with Gasteiger partial charge in [0.25, 0.3) is 0 Å². The molecular formula is C10H15NO2S. The smallest absolute Gasteiger partial charge is 0.0950 e. The maximum absolute atomic E-state index is 11.6. The van der Waals surface area contributed by atoms with Crippen molar-refractivity contribution in [3.05, 3.63) is 24.2 Å². The first-order valence-corrected chi connectivity index (χ1v) is 6.20. The molecule has 2 unspecified atom stereocenters. The highest BCUT2D eigenvalue weighted by molar-refractivity contribution is 7.85. The summed E-state index contributed by atoms with van der Waals surface area (Å²) in [6, 6.07) is 2.09. The van der Waals surface area contributed by atoms with Crippen LogP contribution in [-0.4, -0.2) is 21.3 Å². The fourth-order valence-corrected chi connectivity index (χ4v) is 3.51. The van der Waals surface area contributed by atoms with Crippen LogP contribution in [0.2, 0.25) is 0 Å². The molecule has 0 radical (unpaired) electrons. The van der Waals surface area contributed by atoms with Gasteiger partial charge in [0, 0.05) is 39.4 Å². The summed E-state index contributed by atoms with van der Waals surface area (Å²) < 4.78 is 16.7. The molecule has 1 aromatic rings. The van der Waals surface area contributed by atoms with Gasteiger partial charge in [0.15, 0.2) is 0 Å². The molecule has 78 valence electrons. The summed E-state index contributed by atoms with van der Waals surface area (Å²) in [5.74, 6) is 1.41. The Morgan fingerprint density at radius 1 is 1.64 bits per heavy atom. The summed E-state index contributed by atoms with van der Waals surface area (Å²) >= 11 is 0. The second kappa shape index (κ2) is 3.51. The third-order valence-electron chi connectivity index (χ3n) is 2.38. The van der Waals surface area contributed by atoms with Gasteiger partial charge >= 0.3 is 0 Å². The lowest BCUT2D eigenvalue weighted by molar-refractivity contribution is 0.367. The van der Waals surface area contributed by atoms with Gasteiger partial charge < -0.3 is 9.73 Å². The Morgan fingerprint density at radius 2 is 2.43 bits per heavy atom. The van der Waals surface area contributed by atoms with Crippen LogP contribution in [-0.2, 0) is 10.8 Å². The normalized spacial score (nSPS) is 31.6. The van der Waals surface area contributed by atoms with Gasteiger partial charge in [0.1, 0.15) is 0 Å². The van der Waals surface area contributed by atoms with Crippen LogP contribution < -0.4 is 5.32 Å². The molecule has 1 N–H and O–H groups in total. The van der Waals surface area contributed by atoms with Gasteiger partial charge in [-0.2, -0.15) is 0 Å². The van der Waals surface area contributed by atoms with E-state index in [1.54, 1.807) is 12.5 Å². The van der Waals surface area contributed by atoms with Crippen molar-refractivity contribution in [2.75, 3.05) is 11.5 Å². The Balaban J connectivity index is 2.18. The molecule has 3 nitrogen and oxygen atoms in total. The Morgan fingerprint density at radius 3 is 3.00 bits per heavy atom. The molecule has 0 bridgehead atoms. The van der Waals surface area contributed by atoms with Crippen molar-refractivity contribution in [3.8, 4) is 0 Å². The molecule has 1 saturated heterocycles. The van der Waals surface area contributed by atoms with Crippen LogP contribution in [0.5, 0.6) is 0 Å². The summed E-state index contributed by atoms with van der Waals surface area (Å²) in [7, 11) is -0.729. The highest BCUT2D eigenvalue weighted by Crippen LogP contribution is 2.24. The minimum Gasteiger partial charge on any atom is -0.472 e. The van der Waals surface area contributed by atoms with E-state index in [9.17, 15) is 4.21 Å². The molecule has 4 heteroatoms. The van der Waals surface area contributed by atoms with Gasteiger partial charge in [0.05, 0.1) is 12.5 Å². The van der Waals surface area contributed by atoms with Crippen LogP contribution >= 0.6 is 0 Å². The van der Waals surface area contributed by atoms with Crippen LogP contribution in [0, 0.1) is 0 Å². The molecule has 2 rings (SSSR count). The van der Waals surface area contributed by atoms with E-state index in [0.717, 1.165) is 11.3 Å². The minimum atomic E-state index is -0.729. The standard InChI is InChI=1S/C10H15NO2S/c1-10(2)7-14(12)6-9(11-10)8-3-4-13-5-8/h3-5,9,11H,6-7H2,1-2H3. The predicted molar refractivity (Wildman–Crippen MR) is 56.5 cm³/mol. The van der Waals surface area contributed by atoms with Crippen LogP contribution in [0.15, 0.2) is 23.0 Å². The van der Waals surface area contributed by atoms with Gasteiger partial charge in [0.2, 0.25) is 0 Å². The lowest BCUT2D eigenvalue weighted by atomic mass is 10.0. The lowest BCUT2D eigenvalue weighted by Gasteiger charge is -2.36. The third kappa shape index (κ3) is 2.07. The molecule has 2 heterocycles. The summed E-state index contributed by atoms with van der Waals surface area (Å²) in [6.45, 7) is 4.16. The molecule has 0 saturated carbocycles. The van der Waals surface area contributed by atoms with E-state index in [0.29, 0.717) is 5.75 Å². The summed E-state index contributed by atoms with van der Waals surface area (Å²) in [5, 5.41) is 3.47. The van der Waals surface area contributed by atoms with E-state index in [2.05, 4.69) is 19.2 Å². The zero-order chi connectivity index (χ0) is 10.2. The van der Waals surface area contributed by atoms with Gasteiger partial charge in [-0.25, -0.2) is 0 Å². The maximum atomic E-state index is 11.6. The van der Waals surface area contributed by atoms with Gasteiger partial charge in [-0.15, -0.1) is 0 Å².